The Bertz CT molecular complexity index is 1350. The monoisotopic (exact) mass is 436 g/mol. The summed E-state index contributed by atoms with van der Waals surface area (Å²) in [6.45, 7) is 12.6. The number of aromatic nitrogens is 4. The summed E-state index contributed by atoms with van der Waals surface area (Å²) < 4.78 is 32.2. The topological polar surface area (TPSA) is 46.5 Å². The molecule has 4 nitrogen and oxygen atoms in total. The first kappa shape index (κ1) is 21.1. The maximum absolute atomic E-state index is 15.2. The molecule has 0 aliphatic heterocycles. The number of aromatic amines is 1. The molecular formula is C26H30F2N4. The lowest BCUT2D eigenvalue weighted by atomic mass is 9.81. The third-order valence-corrected chi connectivity index (χ3v) is 6.69. The highest BCUT2D eigenvalue weighted by Gasteiger charge is 2.35. The number of H-pyrrole nitrogens is 1. The first-order valence-electron chi connectivity index (χ1n) is 11.3. The highest BCUT2D eigenvalue weighted by atomic mass is 19.1. The molecular weight excluding hydrogens is 406 g/mol. The second kappa shape index (κ2) is 6.87. The summed E-state index contributed by atoms with van der Waals surface area (Å²) in [5, 5.41) is 14.1. The van der Waals surface area contributed by atoms with Crippen LogP contribution >= 0.6 is 0 Å². The molecule has 4 aromatic rings. The molecule has 1 aliphatic rings. The van der Waals surface area contributed by atoms with Crippen molar-refractivity contribution in [1.29, 1.82) is 0 Å². The van der Waals surface area contributed by atoms with Gasteiger partial charge in [0.25, 0.3) is 0 Å². The van der Waals surface area contributed by atoms with E-state index in [0.717, 1.165) is 51.6 Å². The fourth-order valence-electron chi connectivity index (χ4n) is 5.13. The molecule has 1 saturated carbocycles. The first-order chi connectivity index (χ1) is 15.0. The van der Waals surface area contributed by atoms with Gasteiger partial charge in [0.15, 0.2) is 0 Å². The molecule has 0 radical (unpaired) electrons. The van der Waals surface area contributed by atoms with Crippen LogP contribution in [0.25, 0.3) is 21.8 Å². The summed E-state index contributed by atoms with van der Waals surface area (Å²) >= 11 is 0. The van der Waals surface area contributed by atoms with Crippen LogP contribution in [0.2, 0.25) is 0 Å². The molecule has 0 saturated heterocycles. The number of hydrogen-bond acceptors (Lipinski definition) is 2. The van der Waals surface area contributed by atoms with Crippen LogP contribution in [0.4, 0.5) is 8.78 Å². The van der Waals surface area contributed by atoms with Crippen LogP contribution in [-0.4, -0.2) is 20.0 Å². The third-order valence-electron chi connectivity index (χ3n) is 6.69. The molecule has 1 fully saturated rings. The van der Waals surface area contributed by atoms with Crippen molar-refractivity contribution >= 4 is 21.8 Å². The number of halogens is 2. The second-order valence-corrected chi connectivity index (χ2v) is 10.9. The number of benzene rings is 2. The minimum absolute atomic E-state index is 0.185. The molecule has 0 bridgehead atoms. The van der Waals surface area contributed by atoms with Crippen molar-refractivity contribution in [3.8, 4) is 0 Å². The van der Waals surface area contributed by atoms with Crippen LogP contribution in [0.3, 0.4) is 0 Å². The maximum Gasteiger partial charge on any atom is 0.127 e. The largest absolute Gasteiger partial charge is 0.278 e. The summed E-state index contributed by atoms with van der Waals surface area (Å²) in [5.74, 6) is -0.0519. The molecule has 2 heterocycles. The van der Waals surface area contributed by atoms with Gasteiger partial charge in [-0.05, 0) is 49.4 Å². The van der Waals surface area contributed by atoms with Crippen LogP contribution < -0.4 is 0 Å². The molecule has 2 aromatic carbocycles. The number of fused-ring (bicyclic) bond motifs is 2. The molecule has 5 rings (SSSR count). The quantitative estimate of drug-likeness (QED) is 0.389. The molecule has 1 N–H and O–H groups in total. The summed E-state index contributed by atoms with van der Waals surface area (Å²) in [5.41, 5.74) is 3.96. The van der Waals surface area contributed by atoms with Gasteiger partial charge in [-0.1, -0.05) is 34.6 Å². The predicted octanol–water partition coefficient (Wildman–Crippen LogP) is 6.65. The van der Waals surface area contributed by atoms with Gasteiger partial charge in [-0.2, -0.15) is 10.2 Å². The Labute approximate surface area is 187 Å². The number of aryl methyl sites for hydroxylation is 1. The number of nitrogens with one attached hydrogen (secondary N) is 1. The van der Waals surface area contributed by atoms with Crippen molar-refractivity contribution in [2.75, 3.05) is 0 Å². The van der Waals surface area contributed by atoms with Crippen molar-refractivity contribution in [3.63, 3.8) is 0 Å². The lowest BCUT2D eigenvalue weighted by Gasteiger charge is -2.27. The molecule has 6 heteroatoms. The van der Waals surface area contributed by atoms with E-state index < -0.39 is 5.41 Å². The maximum atomic E-state index is 15.2. The highest BCUT2D eigenvalue weighted by molar-refractivity contribution is 5.88. The van der Waals surface area contributed by atoms with E-state index in [1.165, 1.54) is 6.07 Å². The van der Waals surface area contributed by atoms with Gasteiger partial charge in [0.05, 0.1) is 29.0 Å². The van der Waals surface area contributed by atoms with Crippen LogP contribution in [0, 0.1) is 18.6 Å². The van der Waals surface area contributed by atoms with E-state index in [4.69, 9.17) is 5.10 Å². The van der Waals surface area contributed by atoms with E-state index in [2.05, 4.69) is 10.2 Å². The van der Waals surface area contributed by atoms with Crippen LogP contribution in [0.5, 0.6) is 0 Å². The van der Waals surface area contributed by atoms with E-state index >= 15 is 8.78 Å². The average molecular weight is 437 g/mol. The van der Waals surface area contributed by atoms with E-state index in [1.54, 1.807) is 12.1 Å². The van der Waals surface area contributed by atoms with E-state index in [-0.39, 0.29) is 17.0 Å². The molecule has 168 valence electrons. The minimum atomic E-state index is -0.561. The Morgan fingerprint density at radius 3 is 2.28 bits per heavy atom. The van der Waals surface area contributed by atoms with Gasteiger partial charge in [0.1, 0.15) is 11.6 Å². The fourth-order valence-corrected chi connectivity index (χ4v) is 5.13. The van der Waals surface area contributed by atoms with Gasteiger partial charge >= 0.3 is 0 Å². The SMILES string of the molecule is Cc1n[nH]c2ccc(F)c(C(C)(C)Cn3nc(C4CC4)c4c(C(C)(C)C)c(F)ccc43)c12. The van der Waals surface area contributed by atoms with E-state index in [1.807, 2.05) is 52.3 Å². The molecule has 1 aliphatic carbocycles. The second-order valence-electron chi connectivity index (χ2n) is 10.9. The van der Waals surface area contributed by atoms with Gasteiger partial charge in [-0.25, -0.2) is 8.78 Å². The molecule has 32 heavy (non-hydrogen) atoms. The van der Waals surface area contributed by atoms with Gasteiger partial charge in [0, 0.05) is 33.2 Å². The zero-order valence-electron chi connectivity index (χ0n) is 19.6. The Morgan fingerprint density at radius 2 is 1.62 bits per heavy atom. The van der Waals surface area contributed by atoms with Gasteiger partial charge in [-0.15, -0.1) is 0 Å². The minimum Gasteiger partial charge on any atom is -0.278 e. The zero-order chi connectivity index (χ0) is 23.0. The van der Waals surface area contributed by atoms with Gasteiger partial charge in [-0.3, -0.25) is 9.78 Å². The van der Waals surface area contributed by atoms with E-state index in [9.17, 15) is 0 Å². The Balaban J connectivity index is 1.70. The van der Waals surface area contributed by atoms with Crippen molar-refractivity contribution in [2.24, 2.45) is 0 Å². The Morgan fingerprint density at radius 1 is 0.969 bits per heavy atom. The lowest BCUT2D eigenvalue weighted by molar-refractivity contribution is 0.401. The Hall–Kier alpha value is -2.76. The Kier molecular flexibility index (Phi) is 4.53. The van der Waals surface area contributed by atoms with Crippen LogP contribution in [0.15, 0.2) is 24.3 Å². The van der Waals surface area contributed by atoms with Crippen molar-refractivity contribution in [1.82, 2.24) is 20.0 Å². The number of hydrogen-bond donors (Lipinski definition) is 1. The zero-order valence-corrected chi connectivity index (χ0v) is 19.6. The summed E-state index contributed by atoms with van der Waals surface area (Å²) in [4.78, 5) is 0. The molecule has 0 amide bonds. The molecule has 2 aromatic heterocycles. The summed E-state index contributed by atoms with van der Waals surface area (Å²) in [6.07, 6.45) is 2.16. The van der Waals surface area contributed by atoms with Crippen molar-refractivity contribution in [3.05, 3.63) is 58.4 Å². The van der Waals surface area contributed by atoms with Crippen molar-refractivity contribution in [2.45, 2.75) is 77.7 Å². The smallest absolute Gasteiger partial charge is 0.127 e. The molecule has 0 unspecified atom stereocenters. The third kappa shape index (κ3) is 3.23. The molecule has 0 spiro atoms. The lowest BCUT2D eigenvalue weighted by Crippen LogP contribution is -2.27. The summed E-state index contributed by atoms with van der Waals surface area (Å²) in [6, 6.07) is 6.61. The number of rotatable bonds is 4. The van der Waals surface area contributed by atoms with Crippen LogP contribution in [-0.2, 0) is 17.4 Å². The van der Waals surface area contributed by atoms with Crippen molar-refractivity contribution < 1.29 is 8.78 Å². The normalized spacial score (nSPS) is 15.2. The first-order valence-corrected chi connectivity index (χ1v) is 11.3. The fraction of sp³-hybridized carbons (Fsp3) is 0.462. The van der Waals surface area contributed by atoms with Gasteiger partial charge in [0.2, 0.25) is 0 Å². The van der Waals surface area contributed by atoms with E-state index in [0.29, 0.717) is 18.0 Å². The average Bonchev–Trinajstić information content (AvgIpc) is 3.39. The van der Waals surface area contributed by atoms with Crippen LogP contribution in [0.1, 0.15) is 75.9 Å². The predicted molar refractivity (Wildman–Crippen MR) is 124 cm³/mol. The standard InChI is InChI=1S/C26H30F2N4/c1-14-20-18(30-29-14)11-9-17(28)23(20)26(5,6)13-32-19-12-10-16(27)22(25(2,3)4)21(19)24(31-32)15-7-8-15/h9-12,15H,7-8,13H2,1-6H3,(H,29,30). The number of nitrogens with zero attached hydrogens (tertiary/aromatic N) is 3. The molecule has 0 atom stereocenters. The summed E-state index contributed by atoms with van der Waals surface area (Å²) in [7, 11) is 0. The highest BCUT2D eigenvalue weighted by Crippen LogP contribution is 2.46. The van der Waals surface area contributed by atoms with Gasteiger partial charge < -0.3 is 0 Å².